The number of hydrogen-bond acceptors (Lipinski definition) is 0. The Morgan fingerprint density at radius 2 is 1.36 bits per heavy atom. The number of hydrogen-bond donors (Lipinski definition) is 0. The maximum atomic E-state index is 6.53. The van der Waals surface area contributed by atoms with Crippen LogP contribution < -0.4 is 0 Å². The van der Waals surface area contributed by atoms with Crippen molar-refractivity contribution in [2.24, 2.45) is 0 Å². The average Bonchev–Trinajstić information content (AvgIpc) is 2.97. The predicted octanol–water partition coefficient (Wildman–Crippen LogP) is 6.95. The summed E-state index contributed by atoms with van der Waals surface area (Å²) in [7, 11) is 0. The average molecular weight is 348 g/mol. The Morgan fingerprint density at radius 1 is 0.760 bits per heavy atom. The first-order chi connectivity index (χ1) is 12.3. The number of rotatable bonds is 4. The van der Waals surface area contributed by atoms with E-state index in [1.807, 2.05) is 0 Å². The summed E-state index contributed by atoms with van der Waals surface area (Å²) in [4.78, 5) is 0. The Bertz CT molecular complexity index is 1010. The lowest BCUT2D eigenvalue weighted by molar-refractivity contribution is 0.886. The van der Waals surface area contributed by atoms with Crippen molar-refractivity contribution in [2.45, 2.75) is 33.1 Å². The molecule has 0 aliphatic rings. The summed E-state index contributed by atoms with van der Waals surface area (Å²) in [6, 6.07) is 21.6. The highest BCUT2D eigenvalue weighted by molar-refractivity contribution is 6.31. The smallest absolute Gasteiger partial charge is 0.0541 e. The SMILES string of the molecule is CCCc1c(-n2c3ccccc3c3ccccc32)ccc(Cl)c1CC. The van der Waals surface area contributed by atoms with Crippen molar-refractivity contribution in [3.05, 3.63) is 76.8 Å². The monoisotopic (exact) mass is 347 g/mol. The van der Waals surface area contributed by atoms with Crippen molar-refractivity contribution in [2.75, 3.05) is 0 Å². The molecule has 0 fully saturated rings. The van der Waals surface area contributed by atoms with Gasteiger partial charge in [-0.1, -0.05) is 68.3 Å². The molecule has 4 aromatic rings. The lowest BCUT2D eigenvalue weighted by Gasteiger charge is -2.18. The van der Waals surface area contributed by atoms with Gasteiger partial charge >= 0.3 is 0 Å². The third-order valence-electron chi connectivity index (χ3n) is 5.02. The molecule has 4 rings (SSSR count). The minimum atomic E-state index is 0.885. The van der Waals surface area contributed by atoms with Gasteiger partial charge in [0.25, 0.3) is 0 Å². The summed E-state index contributed by atoms with van der Waals surface area (Å²) in [5.41, 5.74) is 6.43. The number of para-hydroxylation sites is 2. The Kier molecular flexibility index (Phi) is 4.27. The van der Waals surface area contributed by atoms with E-state index in [0.29, 0.717) is 0 Å². The molecule has 25 heavy (non-hydrogen) atoms. The Morgan fingerprint density at radius 3 is 1.92 bits per heavy atom. The van der Waals surface area contributed by atoms with Crippen molar-refractivity contribution >= 4 is 33.4 Å². The molecule has 2 heteroatoms. The van der Waals surface area contributed by atoms with Crippen molar-refractivity contribution < 1.29 is 0 Å². The van der Waals surface area contributed by atoms with E-state index in [9.17, 15) is 0 Å². The molecule has 0 bridgehead atoms. The predicted molar refractivity (Wildman–Crippen MR) is 109 cm³/mol. The third-order valence-corrected chi connectivity index (χ3v) is 5.38. The highest BCUT2D eigenvalue weighted by Gasteiger charge is 2.17. The fraction of sp³-hybridized carbons (Fsp3) is 0.217. The van der Waals surface area contributed by atoms with Gasteiger partial charge in [-0.2, -0.15) is 0 Å². The van der Waals surface area contributed by atoms with Crippen LogP contribution >= 0.6 is 11.6 Å². The molecule has 1 nitrogen and oxygen atoms in total. The van der Waals surface area contributed by atoms with Gasteiger partial charge < -0.3 is 4.57 Å². The van der Waals surface area contributed by atoms with Crippen LogP contribution in [0.3, 0.4) is 0 Å². The molecule has 0 aliphatic heterocycles. The number of halogens is 1. The van der Waals surface area contributed by atoms with Gasteiger partial charge in [0.05, 0.1) is 11.0 Å². The molecule has 1 aromatic heterocycles. The van der Waals surface area contributed by atoms with E-state index in [2.05, 4.69) is 79.1 Å². The van der Waals surface area contributed by atoms with Gasteiger partial charge in [0.1, 0.15) is 0 Å². The molecule has 0 saturated heterocycles. The van der Waals surface area contributed by atoms with Crippen LogP contribution in [0.15, 0.2) is 60.7 Å². The first-order valence-corrected chi connectivity index (χ1v) is 9.42. The van der Waals surface area contributed by atoms with Crippen molar-refractivity contribution in [3.63, 3.8) is 0 Å². The van der Waals surface area contributed by atoms with Crippen molar-refractivity contribution in [1.29, 1.82) is 0 Å². The quantitative estimate of drug-likeness (QED) is 0.376. The number of benzene rings is 3. The lowest BCUT2D eigenvalue weighted by atomic mass is 9.98. The Balaban J connectivity index is 2.14. The van der Waals surface area contributed by atoms with Crippen LogP contribution in [0.25, 0.3) is 27.5 Å². The molecular weight excluding hydrogens is 326 g/mol. The second-order valence-corrected chi connectivity index (χ2v) is 6.90. The fourth-order valence-electron chi connectivity index (χ4n) is 3.95. The van der Waals surface area contributed by atoms with E-state index in [1.54, 1.807) is 0 Å². The maximum Gasteiger partial charge on any atom is 0.0541 e. The summed E-state index contributed by atoms with van der Waals surface area (Å²) in [5, 5.41) is 3.48. The number of fused-ring (bicyclic) bond motifs is 3. The van der Waals surface area contributed by atoms with E-state index in [4.69, 9.17) is 11.6 Å². The van der Waals surface area contributed by atoms with Gasteiger partial charge in [-0.25, -0.2) is 0 Å². The molecule has 0 radical (unpaired) electrons. The number of aromatic nitrogens is 1. The summed E-state index contributed by atoms with van der Waals surface area (Å²) < 4.78 is 2.41. The van der Waals surface area contributed by atoms with Crippen LogP contribution in [0.2, 0.25) is 5.02 Å². The molecule has 0 unspecified atom stereocenters. The van der Waals surface area contributed by atoms with Crippen LogP contribution in [-0.4, -0.2) is 4.57 Å². The molecule has 0 spiro atoms. The molecule has 126 valence electrons. The number of nitrogens with zero attached hydrogens (tertiary/aromatic N) is 1. The molecule has 0 saturated carbocycles. The zero-order valence-electron chi connectivity index (χ0n) is 14.7. The van der Waals surface area contributed by atoms with Crippen molar-refractivity contribution in [1.82, 2.24) is 4.57 Å². The van der Waals surface area contributed by atoms with Gasteiger partial charge in [0.15, 0.2) is 0 Å². The first-order valence-electron chi connectivity index (χ1n) is 9.05. The normalized spacial score (nSPS) is 11.5. The molecule has 0 N–H and O–H groups in total. The zero-order valence-corrected chi connectivity index (χ0v) is 15.5. The largest absolute Gasteiger partial charge is 0.309 e. The second-order valence-electron chi connectivity index (χ2n) is 6.50. The molecule has 0 atom stereocenters. The highest BCUT2D eigenvalue weighted by Crippen LogP contribution is 2.35. The van der Waals surface area contributed by atoms with Gasteiger partial charge in [-0.15, -0.1) is 0 Å². The van der Waals surface area contributed by atoms with Crippen LogP contribution in [0.5, 0.6) is 0 Å². The Hall–Kier alpha value is -2.25. The van der Waals surface area contributed by atoms with Gasteiger partial charge in [-0.3, -0.25) is 0 Å². The first kappa shape index (κ1) is 16.2. The Labute approximate surface area is 153 Å². The second kappa shape index (κ2) is 6.57. The minimum Gasteiger partial charge on any atom is -0.309 e. The van der Waals surface area contributed by atoms with E-state index >= 15 is 0 Å². The molecule has 0 aliphatic carbocycles. The van der Waals surface area contributed by atoms with Gasteiger partial charge in [0, 0.05) is 21.5 Å². The van der Waals surface area contributed by atoms with Crippen LogP contribution in [-0.2, 0) is 12.8 Å². The van der Waals surface area contributed by atoms with Crippen LogP contribution in [0.1, 0.15) is 31.4 Å². The molecule has 1 heterocycles. The van der Waals surface area contributed by atoms with E-state index in [1.165, 1.54) is 38.6 Å². The topological polar surface area (TPSA) is 4.93 Å². The van der Waals surface area contributed by atoms with E-state index in [0.717, 1.165) is 24.3 Å². The van der Waals surface area contributed by atoms with Crippen LogP contribution in [0, 0.1) is 0 Å². The minimum absolute atomic E-state index is 0.885. The molecule has 3 aromatic carbocycles. The maximum absolute atomic E-state index is 6.53. The van der Waals surface area contributed by atoms with Gasteiger partial charge in [-0.05, 0) is 48.2 Å². The summed E-state index contributed by atoms with van der Waals surface area (Å²) in [6.45, 7) is 4.42. The van der Waals surface area contributed by atoms with Crippen molar-refractivity contribution in [3.8, 4) is 5.69 Å². The molecule has 0 amide bonds. The highest BCUT2D eigenvalue weighted by atomic mass is 35.5. The summed E-state index contributed by atoms with van der Waals surface area (Å²) >= 11 is 6.53. The van der Waals surface area contributed by atoms with Crippen LogP contribution in [0.4, 0.5) is 0 Å². The molecular formula is C23H22ClN. The standard InChI is InChI=1S/C23H22ClN/c1-3-9-17-16(4-2)20(24)14-15-23(17)25-21-12-7-5-10-18(21)19-11-6-8-13-22(19)25/h5-8,10-15H,3-4,9H2,1-2H3. The van der Waals surface area contributed by atoms with E-state index < -0.39 is 0 Å². The zero-order chi connectivity index (χ0) is 17.4. The summed E-state index contributed by atoms with van der Waals surface area (Å²) in [6.07, 6.45) is 3.11. The third kappa shape index (κ3) is 2.54. The van der Waals surface area contributed by atoms with Gasteiger partial charge in [0.2, 0.25) is 0 Å². The fourth-order valence-corrected chi connectivity index (χ4v) is 4.27. The lowest BCUT2D eigenvalue weighted by Crippen LogP contribution is -2.04. The van der Waals surface area contributed by atoms with E-state index in [-0.39, 0.29) is 0 Å². The summed E-state index contributed by atoms with van der Waals surface area (Å²) in [5.74, 6) is 0.